The molecule has 4 nitrogen and oxygen atoms in total. The maximum Gasteiger partial charge on any atom is 0.339 e. The third-order valence-electron chi connectivity index (χ3n) is 5.72. The first-order valence-corrected chi connectivity index (χ1v) is 13.5. The van der Waals surface area contributed by atoms with E-state index in [4.69, 9.17) is 9.47 Å². The summed E-state index contributed by atoms with van der Waals surface area (Å²) in [6.07, 6.45) is -0.585. The Hall–Kier alpha value is -3.23. The van der Waals surface area contributed by atoms with Gasteiger partial charge in [-0.1, -0.05) is 92.4 Å². The van der Waals surface area contributed by atoms with Gasteiger partial charge < -0.3 is 9.47 Å². The summed E-state index contributed by atoms with van der Waals surface area (Å²) in [5.41, 5.74) is 0.634. The van der Waals surface area contributed by atoms with Gasteiger partial charge in [-0.15, -0.1) is 0 Å². The van der Waals surface area contributed by atoms with E-state index >= 15 is 0 Å². The Bertz CT molecular complexity index is 1140. The number of esters is 2. The Morgan fingerprint density at radius 1 is 0.861 bits per heavy atom. The molecule has 3 aromatic carbocycles. The second-order valence-electron chi connectivity index (χ2n) is 10.0. The molecule has 0 radical (unpaired) electrons. The molecule has 0 amide bonds. The fourth-order valence-electron chi connectivity index (χ4n) is 3.81. The molecule has 188 valence electrons. The molecule has 0 spiro atoms. The zero-order valence-electron chi connectivity index (χ0n) is 21.7. The predicted octanol–water partition coefficient (Wildman–Crippen LogP) is 5.77. The van der Waals surface area contributed by atoms with Crippen molar-refractivity contribution in [2.45, 2.75) is 40.7 Å². The lowest BCUT2D eigenvalue weighted by Gasteiger charge is -2.27. The number of hydrogen-bond donors (Lipinski definition) is 0. The number of carbonyl (C=O) groups excluding carboxylic acids is 2. The molecule has 3 rings (SSSR count). The number of carbonyl (C=O) groups is 2. The molecule has 2 atom stereocenters. The molecule has 5 heteroatoms. The Balaban J connectivity index is 1.91. The first-order valence-electron chi connectivity index (χ1n) is 12.1. The quantitative estimate of drug-likeness (QED) is 0.212. The Labute approximate surface area is 216 Å². The lowest BCUT2D eigenvalue weighted by atomic mass is 9.96. The van der Waals surface area contributed by atoms with Crippen LogP contribution in [0.1, 0.15) is 45.0 Å². The van der Waals surface area contributed by atoms with E-state index in [0.717, 1.165) is 15.9 Å². The molecule has 0 fully saturated rings. The van der Waals surface area contributed by atoms with Gasteiger partial charge in [0, 0.05) is 5.92 Å². The van der Waals surface area contributed by atoms with E-state index in [0.29, 0.717) is 11.1 Å². The largest absolute Gasteiger partial charge is 0.465 e. The molecule has 0 unspecified atom stereocenters. The van der Waals surface area contributed by atoms with Gasteiger partial charge in [-0.2, -0.15) is 0 Å². The van der Waals surface area contributed by atoms with Crippen LogP contribution in [0.3, 0.4) is 0 Å². The minimum atomic E-state index is -0.976. The highest BCUT2D eigenvalue weighted by atomic mass is 31.1. The van der Waals surface area contributed by atoms with E-state index in [1.165, 1.54) is 0 Å². The van der Waals surface area contributed by atoms with Crippen LogP contribution in [0.2, 0.25) is 0 Å². The first-order chi connectivity index (χ1) is 17.1. The van der Waals surface area contributed by atoms with Crippen LogP contribution in [0.25, 0.3) is 0 Å². The first kappa shape index (κ1) is 27.4. The fraction of sp³-hybridized carbons (Fsp3) is 0.290. The summed E-state index contributed by atoms with van der Waals surface area (Å²) in [6.45, 7) is 13.3. The monoisotopic (exact) mass is 502 g/mol. The summed E-state index contributed by atoms with van der Waals surface area (Å²) < 4.78 is 11.5. The summed E-state index contributed by atoms with van der Waals surface area (Å²) in [7, 11) is -0.976. The predicted molar refractivity (Wildman–Crippen MR) is 149 cm³/mol. The highest BCUT2D eigenvalue weighted by Crippen LogP contribution is 2.34. The molecule has 0 aliphatic heterocycles. The molecule has 0 heterocycles. The van der Waals surface area contributed by atoms with E-state index in [-0.39, 0.29) is 18.5 Å². The average molecular weight is 503 g/mol. The zero-order chi connectivity index (χ0) is 26.3. The van der Waals surface area contributed by atoms with E-state index in [1.54, 1.807) is 0 Å². The van der Waals surface area contributed by atoms with Gasteiger partial charge in [0.05, 0.1) is 17.6 Å². The second kappa shape index (κ2) is 12.1. The average Bonchev–Trinajstić information content (AvgIpc) is 2.86. The minimum absolute atomic E-state index is 0.142. The molecule has 0 saturated heterocycles. The van der Waals surface area contributed by atoms with Crippen molar-refractivity contribution in [1.82, 2.24) is 0 Å². The Morgan fingerprint density at radius 3 is 1.86 bits per heavy atom. The van der Waals surface area contributed by atoms with Crippen molar-refractivity contribution in [3.63, 3.8) is 0 Å². The van der Waals surface area contributed by atoms with E-state index in [9.17, 15) is 9.59 Å². The van der Waals surface area contributed by atoms with Gasteiger partial charge in [-0.25, -0.2) is 4.79 Å². The normalized spacial score (nSPS) is 13.1. The fourth-order valence-corrected chi connectivity index (χ4v) is 6.25. The van der Waals surface area contributed by atoms with Crippen LogP contribution in [0.5, 0.6) is 0 Å². The number of ether oxygens (including phenoxy) is 2. The molecule has 0 bridgehead atoms. The summed E-state index contributed by atoms with van der Waals surface area (Å²) >= 11 is 0. The van der Waals surface area contributed by atoms with Gasteiger partial charge in [-0.3, -0.25) is 4.79 Å². The number of benzene rings is 3. The molecule has 0 aliphatic carbocycles. The topological polar surface area (TPSA) is 52.6 Å². The zero-order valence-corrected chi connectivity index (χ0v) is 22.6. The van der Waals surface area contributed by atoms with Crippen molar-refractivity contribution in [1.29, 1.82) is 0 Å². The van der Waals surface area contributed by atoms with Gasteiger partial charge in [0.25, 0.3) is 0 Å². The van der Waals surface area contributed by atoms with Crippen LogP contribution in [0.15, 0.2) is 97.1 Å². The summed E-state index contributed by atoms with van der Waals surface area (Å²) in [4.78, 5) is 25.8. The lowest BCUT2D eigenvalue weighted by Crippen LogP contribution is -2.33. The molecular weight excluding hydrogens is 467 g/mol. The van der Waals surface area contributed by atoms with E-state index < -0.39 is 25.4 Å². The standard InChI is InChI=1S/C31H35O4P/c1-22(2)28(23(3)21-34-30(33)31(4,5)6)35-29(32)26-19-13-14-20-27(26)36(24-15-9-7-10-16-24)25-17-11-8-12-18-25/h7-20,23,28H,1,21H2,2-6H3/t23-,28-/m0/s1. The molecule has 3 aromatic rings. The van der Waals surface area contributed by atoms with E-state index in [1.807, 2.05) is 95.3 Å². The van der Waals surface area contributed by atoms with Gasteiger partial charge >= 0.3 is 11.9 Å². The van der Waals surface area contributed by atoms with Crippen LogP contribution < -0.4 is 15.9 Å². The molecule has 0 saturated carbocycles. The van der Waals surface area contributed by atoms with Gasteiger partial charge in [0.1, 0.15) is 6.10 Å². The lowest BCUT2D eigenvalue weighted by molar-refractivity contribution is -0.155. The summed E-state index contributed by atoms with van der Waals surface area (Å²) in [5.74, 6) is -0.940. The Morgan fingerprint density at radius 2 is 1.36 bits per heavy atom. The third-order valence-corrected chi connectivity index (χ3v) is 8.22. The van der Waals surface area contributed by atoms with Crippen molar-refractivity contribution < 1.29 is 19.1 Å². The van der Waals surface area contributed by atoms with Crippen molar-refractivity contribution in [2.75, 3.05) is 6.61 Å². The van der Waals surface area contributed by atoms with Crippen LogP contribution in [0, 0.1) is 11.3 Å². The van der Waals surface area contributed by atoms with Crippen LogP contribution >= 0.6 is 7.92 Å². The van der Waals surface area contributed by atoms with Crippen LogP contribution in [-0.4, -0.2) is 24.6 Å². The molecule has 0 N–H and O–H groups in total. The Kier molecular flexibility index (Phi) is 9.23. The maximum atomic E-state index is 13.6. The number of hydrogen-bond acceptors (Lipinski definition) is 4. The minimum Gasteiger partial charge on any atom is -0.465 e. The highest BCUT2D eigenvalue weighted by Gasteiger charge is 2.29. The maximum absolute atomic E-state index is 13.6. The number of rotatable bonds is 9. The van der Waals surface area contributed by atoms with Gasteiger partial charge in [-0.05, 0) is 63.2 Å². The third kappa shape index (κ3) is 6.92. The van der Waals surface area contributed by atoms with Crippen molar-refractivity contribution in [3.05, 3.63) is 103 Å². The summed E-state index contributed by atoms with van der Waals surface area (Å²) in [5, 5.41) is 3.23. The SMILES string of the molecule is C=C(C)[C@H](OC(=O)c1ccccc1P(c1ccccc1)c1ccccc1)[C@@H](C)COC(=O)C(C)(C)C. The van der Waals surface area contributed by atoms with Crippen molar-refractivity contribution >= 4 is 35.8 Å². The molecule has 36 heavy (non-hydrogen) atoms. The second-order valence-corrected chi connectivity index (χ2v) is 12.2. The van der Waals surface area contributed by atoms with Crippen LogP contribution in [0.4, 0.5) is 0 Å². The summed E-state index contributed by atoms with van der Waals surface area (Å²) in [6, 6.07) is 28.1. The van der Waals surface area contributed by atoms with Crippen LogP contribution in [-0.2, 0) is 14.3 Å². The van der Waals surface area contributed by atoms with Crippen molar-refractivity contribution in [3.8, 4) is 0 Å². The molecular formula is C31H35O4P. The highest BCUT2D eigenvalue weighted by molar-refractivity contribution is 7.80. The van der Waals surface area contributed by atoms with Gasteiger partial charge in [0.2, 0.25) is 0 Å². The molecule has 0 aliphatic rings. The van der Waals surface area contributed by atoms with E-state index in [2.05, 4.69) is 30.8 Å². The molecule has 0 aromatic heterocycles. The van der Waals surface area contributed by atoms with Crippen molar-refractivity contribution in [2.24, 2.45) is 11.3 Å². The van der Waals surface area contributed by atoms with Gasteiger partial charge in [0.15, 0.2) is 0 Å². The smallest absolute Gasteiger partial charge is 0.339 e.